The largest absolute Gasteiger partial charge is 0.272 e. The van der Waals surface area contributed by atoms with Gasteiger partial charge >= 0.3 is 0 Å². The number of hydrogen-bond donors (Lipinski definition) is 0. The lowest BCUT2D eigenvalue weighted by atomic mass is 9.63. The summed E-state index contributed by atoms with van der Waals surface area (Å²) in [5.74, 6) is 1.06. The van der Waals surface area contributed by atoms with Crippen LogP contribution in [0.2, 0.25) is 5.02 Å². The number of hydrazone groups is 1. The molecule has 2 saturated carbocycles. The summed E-state index contributed by atoms with van der Waals surface area (Å²) in [5.41, 5.74) is 0.814. The van der Waals surface area contributed by atoms with Crippen LogP contribution in [0, 0.1) is 35.5 Å². The summed E-state index contributed by atoms with van der Waals surface area (Å²) in [6.45, 7) is 0. The van der Waals surface area contributed by atoms with Gasteiger partial charge in [-0.25, -0.2) is 0 Å². The van der Waals surface area contributed by atoms with Gasteiger partial charge in [0.2, 0.25) is 0 Å². The number of carbonyl (C=O) groups excluding carboxylic acids is 2. The van der Waals surface area contributed by atoms with Crippen molar-refractivity contribution in [2.24, 2.45) is 40.6 Å². The van der Waals surface area contributed by atoms with Crippen molar-refractivity contribution in [2.75, 3.05) is 0 Å². The Morgan fingerprint density at radius 3 is 2.13 bits per heavy atom. The average molecular weight is 327 g/mol. The van der Waals surface area contributed by atoms with E-state index in [4.69, 9.17) is 11.6 Å². The Kier molecular flexibility index (Phi) is 2.66. The van der Waals surface area contributed by atoms with Crippen molar-refractivity contribution in [3.05, 3.63) is 47.0 Å². The second-order valence-corrected chi connectivity index (χ2v) is 7.38. The van der Waals surface area contributed by atoms with Gasteiger partial charge in [-0.1, -0.05) is 35.9 Å². The fourth-order valence-corrected chi connectivity index (χ4v) is 4.85. The minimum Gasteiger partial charge on any atom is -0.272 e. The molecule has 0 radical (unpaired) electrons. The van der Waals surface area contributed by atoms with Crippen LogP contribution in [-0.4, -0.2) is 23.0 Å². The molecule has 0 spiro atoms. The molecule has 5 heteroatoms. The van der Waals surface area contributed by atoms with Gasteiger partial charge in [0.25, 0.3) is 11.8 Å². The molecule has 2 amide bonds. The molecule has 1 aromatic rings. The minimum absolute atomic E-state index is 0.130. The zero-order chi connectivity index (χ0) is 15.7. The first-order chi connectivity index (χ1) is 11.1. The summed E-state index contributed by atoms with van der Waals surface area (Å²) in [6, 6.07) is 7.14. The number of nitrogens with zero attached hydrogens (tertiary/aromatic N) is 2. The standard InChI is InChI=1S/C18H15ClN2O2/c19-10-3-1-9(2-4-10)8-20-21-17(22)15-11-5-6-12(14-7-13(11)14)16(15)18(21)23/h1-6,8,11-16H,7H2/b20-8-/t11-,12-,13-,14+,15-,16-/m1/s1. The van der Waals surface area contributed by atoms with Crippen molar-refractivity contribution in [3.63, 3.8) is 0 Å². The summed E-state index contributed by atoms with van der Waals surface area (Å²) >= 11 is 5.85. The van der Waals surface area contributed by atoms with E-state index in [-0.39, 0.29) is 35.5 Å². The molecule has 6 atom stereocenters. The van der Waals surface area contributed by atoms with Crippen molar-refractivity contribution in [2.45, 2.75) is 6.42 Å². The van der Waals surface area contributed by atoms with E-state index in [0.29, 0.717) is 16.9 Å². The fourth-order valence-electron chi connectivity index (χ4n) is 4.73. The van der Waals surface area contributed by atoms with Gasteiger partial charge in [0.15, 0.2) is 0 Å². The summed E-state index contributed by atoms with van der Waals surface area (Å²) in [7, 11) is 0. The topological polar surface area (TPSA) is 49.7 Å². The highest BCUT2D eigenvalue weighted by Gasteiger charge is 2.67. The Morgan fingerprint density at radius 2 is 1.57 bits per heavy atom. The van der Waals surface area contributed by atoms with E-state index in [0.717, 1.165) is 10.6 Å². The maximum absolute atomic E-state index is 12.7. The van der Waals surface area contributed by atoms with E-state index < -0.39 is 0 Å². The minimum atomic E-state index is -0.191. The maximum Gasteiger partial charge on any atom is 0.254 e. The molecule has 3 fully saturated rings. The summed E-state index contributed by atoms with van der Waals surface area (Å²) in [6.07, 6.45) is 7.05. The lowest BCUT2D eigenvalue weighted by Gasteiger charge is -2.37. The van der Waals surface area contributed by atoms with Crippen LogP contribution in [0.15, 0.2) is 41.5 Å². The Hall–Kier alpha value is -1.94. The lowest BCUT2D eigenvalue weighted by molar-refractivity contribution is -0.140. The molecule has 0 aromatic heterocycles. The highest BCUT2D eigenvalue weighted by Crippen LogP contribution is 2.65. The fraction of sp³-hybridized carbons (Fsp3) is 0.389. The first-order valence-corrected chi connectivity index (χ1v) is 8.38. The number of benzene rings is 1. The third-order valence-corrected chi connectivity index (χ3v) is 6.08. The predicted octanol–water partition coefficient (Wildman–Crippen LogP) is 2.73. The van der Waals surface area contributed by atoms with Gasteiger partial charge in [0.05, 0.1) is 18.1 Å². The number of hydrogen-bond acceptors (Lipinski definition) is 3. The molecular formula is C18H15ClN2O2. The van der Waals surface area contributed by atoms with Crippen LogP contribution in [0.3, 0.4) is 0 Å². The normalized spacial score (nSPS) is 40.0. The highest BCUT2D eigenvalue weighted by molar-refractivity contribution is 6.30. The van der Waals surface area contributed by atoms with Crippen LogP contribution in [0.4, 0.5) is 0 Å². The van der Waals surface area contributed by atoms with Crippen LogP contribution in [0.1, 0.15) is 12.0 Å². The smallest absolute Gasteiger partial charge is 0.254 e. The first kappa shape index (κ1) is 13.5. The predicted molar refractivity (Wildman–Crippen MR) is 85.6 cm³/mol. The second-order valence-electron chi connectivity index (χ2n) is 6.94. The van der Waals surface area contributed by atoms with Crippen molar-refractivity contribution in [1.82, 2.24) is 5.01 Å². The van der Waals surface area contributed by atoms with Gasteiger partial charge < -0.3 is 0 Å². The monoisotopic (exact) mass is 326 g/mol. The molecule has 1 aliphatic heterocycles. The molecule has 6 rings (SSSR count). The van der Waals surface area contributed by atoms with Gasteiger partial charge in [0, 0.05) is 5.02 Å². The number of allylic oxidation sites excluding steroid dienone is 2. The van der Waals surface area contributed by atoms with Crippen LogP contribution in [0.5, 0.6) is 0 Å². The third-order valence-electron chi connectivity index (χ3n) is 5.83. The van der Waals surface area contributed by atoms with Gasteiger partial charge in [0.1, 0.15) is 0 Å². The SMILES string of the molecule is O=C1[C@@H]2[C@@H]3C=C[C@H]([C@@H]4C[C@H]34)[C@H]2C(=O)N1/N=C\c1ccc(Cl)cc1. The molecule has 116 valence electrons. The Morgan fingerprint density at radius 1 is 1.00 bits per heavy atom. The molecule has 23 heavy (non-hydrogen) atoms. The second kappa shape index (κ2) is 4.54. The molecule has 4 aliphatic carbocycles. The molecule has 0 N–H and O–H groups in total. The van der Waals surface area contributed by atoms with Gasteiger partial charge in [-0.2, -0.15) is 10.1 Å². The molecular weight excluding hydrogens is 312 g/mol. The number of halogens is 1. The highest BCUT2D eigenvalue weighted by atomic mass is 35.5. The third kappa shape index (κ3) is 1.81. The van der Waals surface area contributed by atoms with E-state index in [2.05, 4.69) is 17.3 Å². The molecule has 2 bridgehead atoms. The van der Waals surface area contributed by atoms with E-state index in [1.165, 1.54) is 6.42 Å². The van der Waals surface area contributed by atoms with Gasteiger partial charge in [-0.15, -0.1) is 0 Å². The molecule has 1 saturated heterocycles. The Labute approximate surface area is 138 Å². The van der Waals surface area contributed by atoms with Crippen molar-refractivity contribution in [3.8, 4) is 0 Å². The Balaban J connectivity index is 1.44. The van der Waals surface area contributed by atoms with Crippen molar-refractivity contribution in [1.29, 1.82) is 0 Å². The summed E-state index contributed by atoms with van der Waals surface area (Å²) < 4.78 is 0. The van der Waals surface area contributed by atoms with Crippen molar-refractivity contribution >= 4 is 29.6 Å². The zero-order valence-electron chi connectivity index (χ0n) is 12.3. The van der Waals surface area contributed by atoms with E-state index >= 15 is 0 Å². The van der Waals surface area contributed by atoms with E-state index in [9.17, 15) is 9.59 Å². The van der Waals surface area contributed by atoms with Crippen molar-refractivity contribution < 1.29 is 9.59 Å². The molecule has 1 aromatic carbocycles. The number of amides is 2. The zero-order valence-corrected chi connectivity index (χ0v) is 13.1. The molecule has 1 heterocycles. The average Bonchev–Trinajstić information content (AvgIpc) is 3.33. The van der Waals surface area contributed by atoms with Crippen LogP contribution in [-0.2, 0) is 9.59 Å². The van der Waals surface area contributed by atoms with Crippen LogP contribution in [0.25, 0.3) is 0 Å². The van der Waals surface area contributed by atoms with Crippen LogP contribution < -0.4 is 0 Å². The molecule has 4 nitrogen and oxygen atoms in total. The number of rotatable bonds is 2. The molecule has 0 unspecified atom stereocenters. The summed E-state index contributed by atoms with van der Waals surface area (Å²) in [5, 5.41) is 5.93. The quantitative estimate of drug-likeness (QED) is 0.476. The lowest BCUT2D eigenvalue weighted by Crippen LogP contribution is -2.40. The first-order valence-electron chi connectivity index (χ1n) is 8.01. The molecule has 5 aliphatic rings. The van der Waals surface area contributed by atoms with Crippen LogP contribution >= 0.6 is 11.6 Å². The maximum atomic E-state index is 12.7. The summed E-state index contributed by atoms with van der Waals surface area (Å²) in [4.78, 5) is 25.4. The number of imide groups is 1. The van der Waals surface area contributed by atoms with E-state index in [1.54, 1.807) is 18.3 Å². The number of carbonyl (C=O) groups is 2. The van der Waals surface area contributed by atoms with Gasteiger partial charge in [-0.05, 0) is 47.8 Å². The van der Waals surface area contributed by atoms with Gasteiger partial charge in [-0.3, -0.25) is 9.59 Å². The van der Waals surface area contributed by atoms with E-state index in [1.807, 2.05) is 12.1 Å². The Bertz CT molecular complexity index is 734.